The maximum Gasteiger partial charge on any atom is 0.127 e. The SMILES string of the molecule is CC1SCC(C(N)Cc2ccc(Cl)cc2F)SC1C. The molecule has 0 radical (unpaired) electrons. The first-order valence-electron chi connectivity index (χ1n) is 6.44. The lowest BCUT2D eigenvalue weighted by atomic mass is 10.0. The number of hydrogen-bond acceptors (Lipinski definition) is 3. The summed E-state index contributed by atoms with van der Waals surface area (Å²) in [4.78, 5) is 0. The van der Waals surface area contributed by atoms with E-state index in [1.807, 2.05) is 23.5 Å². The van der Waals surface area contributed by atoms with Gasteiger partial charge in [0, 0.05) is 32.6 Å². The monoisotopic (exact) mass is 319 g/mol. The number of nitrogens with two attached hydrogens (primary N) is 1. The average molecular weight is 320 g/mol. The summed E-state index contributed by atoms with van der Waals surface area (Å²) in [6.07, 6.45) is 0.572. The van der Waals surface area contributed by atoms with Crippen molar-refractivity contribution in [3.8, 4) is 0 Å². The van der Waals surface area contributed by atoms with Crippen LogP contribution in [0.2, 0.25) is 5.02 Å². The number of halogens is 2. The van der Waals surface area contributed by atoms with Crippen LogP contribution in [0.4, 0.5) is 4.39 Å². The molecule has 1 aliphatic rings. The van der Waals surface area contributed by atoms with Gasteiger partial charge in [-0.3, -0.25) is 0 Å². The molecule has 2 N–H and O–H groups in total. The van der Waals surface area contributed by atoms with Gasteiger partial charge in [0.05, 0.1) is 0 Å². The van der Waals surface area contributed by atoms with Crippen LogP contribution in [0, 0.1) is 5.82 Å². The van der Waals surface area contributed by atoms with Gasteiger partial charge in [-0.25, -0.2) is 4.39 Å². The van der Waals surface area contributed by atoms with Gasteiger partial charge in [0.25, 0.3) is 0 Å². The molecule has 1 fully saturated rings. The summed E-state index contributed by atoms with van der Waals surface area (Å²) in [6.45, 7) is 4.49. The molecular weight excluding hydrogens is 301 g/mol. The molecular formula is C14H19ClFNS2. The molecule has 106 valence electrons. The Kier molecular flexibility index (Phi) is 5.46. The third-order valence-electron chi connectivity index (χ3n) is 3.52. The maximum atomic E-state index is 13.8. The molecule has 0 aromatic heterocycles. The highest BCUT2D eigenvalue weighted by Crippen LogP contribution is 2.37. The quantitative estimate of drug-likeness (QED) is 0.912. The van der Waals surface area contributed by atoms with E-state index in [9.17, 15) is 4.39 Å². The Bertz CT molecular complexity index is 443. The Morgan fingerprint density at radius 3 is 2.79 bits per heavy atom. The molecule has 0 amide bonds. The summed E-state index contributed by atoms with van der Waals surface area (Å²) in [5.74, 6) is 0.796. The smallest absolute Gasteiger partial charge is 0.127 e. The fraction of sp³-hybridized carbons (Fsp3) is 0.571. The minimum atomic E-state index is -0.252. The van der Waals surface area contributed by atoms with E-state index in [2.05, 4.69) is 13.8 Å². The predicted octanol–water partition coefficient (Wildman–Crippen LogP) is 3.97. The molecule has 0 spiro atoms. The first-order chi connectivity index (χ1) is 8.97. The van der Waals surface area contributed by atoms with Crippen LogP contribution in [0.3, 0.4) is 0 Å². The largest absolute Gasteiger partial charge is 0.326 e. The van der Waals surface area contributed by atoms with Gasteiger partial charge in [-0.2, -0.15) is 23.5 Å². The van der Waals surface area contributed by atoms with Gasteiger partial charge in [0.1, 0.15) is 5.82 Å². The van der Waals surface area contributed by atoms with Crippen molar-refractivity contribution in [3.05, 3.63) is 34.6 Å². The van der Waals surface area contributed by atoms with Gasteiger partial charge < -0.3 is 5.73 Å². The summed E-state index contributed by atoms with van der Waals surface area (Å²) >= 11 is 9.66. The van der Waals surface area contributed by atoms with Crippen LogP contribution < -0.4 is 5.73 Å². The number of thioether (sulfide) groups is 2. The van der Waals surface area contributed by atoms with Gasteiger partial charge in [0.2, 0.25) is 0 Å². The van der Waals surface area contributed by atoms with Gasteiger partial charge in [-0.1, -0.05) is 31.5 Å². The molecule has 1 aromatic rings. The second-order valence-corrected chi connectivity index (χ2v) is 8.49. The molecule has 1 aliphatic heterocycles. The number of rotatable bonds is 3. The van der Waals surface area contributed by atoms with Gasteiger partial charge in [0.15, 0.2) is 0 Å². The lowest BCUT2D eigenvalue weighted by Crippen LogP contribution is -2.41. The Morgan fingerprint density at radius 2 is 2.16 bits per heavy atom. The second-order valence-electron chi connectivity index (χ2n) is 5.02. The highest BCUT2D eigenvalue weighted by Gasteiger charge is 2.29. The van der Waals surface area contributed by atoms with Crippen LogP contribution in [-0.2, 0) is 6.42 Å². The average Bonchev–Trinajstić information content (AvgIpc) is 2.36. The Balaban J connectivity index is 1.99. The van der Waals surface area contributed by atoms with Crippen LogP contribution in [0.15, 0.2) is 18.2 Å². The standard InChI is InChI=1S/C14H19ClFNS2/c1-8-9(2)19-14(7-18-8)13(17)5-10-3-4-11(15)6-12(10)16/h3-4,6,8-9,13-14H,5,7,17H2,1-2H3. The van der Waals surface area contributed by atoms with Crippen molar-refractivity contribution in [2.45, 2.75) is 42.1 Å². The van der Waals surface area contributed by atoms with Crippen LogP contribution in [0.1, 0.15) is 19.4 Å². The summed E-state index contributed by atoms with van der Waals surface area (Å²) < 4.78 is 13.8. The zero-order valence-electron chi connectivity index (χ0n) is 11.1. The third-order valence-corrected chi connectivity index (χ3v) is 7.33. The van der Waals surface area contributed by atoms with E-state index in [0.717, 1.165) is 5.75 Å². The maximum absolute atomic E-state index is 13.8. The molecule has 0 saturated carbocycles. The third kappa shape index (κ3) is 4.03. The molecule has 4 atom stereocenters. The predicted molar refractivity (Wildman–Crippen MR) is 85.9 cm³/mol. The molecule has 0 bridgehead atoms. The summed E-state index contributed by atoms with van der Waals surface area (Å²) in [6, 6.07) is 4.81. The summed E-state index contributed by atoms with van der Waals surface area (Å²) in [5.41, 5.74) is 6.92. The van der Waals surface area contributed by atoms with E-state index >= 15 is 0 Å². The molecule has 4 unspecified atom stereocenters. The molecule has 19 heavy (non-hydrogen) atoms. The molecule has 2 rings (SSSR count). The van der Waals surface area contributed by atoms with E-state index in [0.29, 0.717) is 32.8 Å². The van der Waals surface area contributed by atoms with Crippen molar-refractivity contribution in [2.75, 3.05) is 5.75 Å². The van der Waals surface area contributed by atoms with Crippen molar-refractivity contribution >= 4 is 35.1 Å². The van der Waals surface area contributed by atoms with Crippen LogP contribution in [-0.4, -0.2) is 27.5 Å². The van der Waals surface area contributed by atoms with Crippen LogP contribution >= 0.6 is 35.1 Å². The first-order valence-corrected chi connectivity index (χ1v) is 8.81. The highest BCUT2D eigenvalue weighted by molar-refractivity contribution is 8.07. The van der Waals surface area contributed by atoms with Crippen molar-refractivity contribution in [1.29, 1.82) is 0 Å². The minimum absolute atomic E-state index is 0.0110. The fourth-order valence-corrected chi connectivity index (χ4v) is 5.32. The molecule has 1 aromatic carbocycles. The molecule has 0 aliphatic carbocycles. The molecule has 1 saturated heterocycles. The normalized spacial score (nSPS) is 29.2. The zero-order valence-corrected chi connectivity index (χ0v) is 13.5. The van der Waals surface area contributed by atoms with E-state index in [1.54, 1.807) is 12.1 Å². The van der Waals surface area contributed by atoms with Crippen molar-refractivity contribution in [1.82, 2.24) is 0 Å². The Morgan fingerprint density at radius 1 is 1.42 bits per heavy atom. The van der Waals surface area contributed by atoms with Crippen molar-refractivity contribution in [3.63, 3.8) is 0 Å². The van der Waals surface area contributed by atoms with Gasteiger partial charge in [-0.15, -0.1) is 0 Å². The highest BCUT2D eigenvalue weighted by atomic mass is 35.5. The zero-order chi connectivity index (χ0) is 14.0. The van der Waals surface area contributed by atoms with Gasteiger partial charge in [-0.05, 0) is 24.1 Å². The topological polar surface area (TPSA) is 26.0 Å². The second kappa shape index (κ2) is 6.70. The Labute approximate surface area is 127 Å². The number of benzene rings is 1. The number of hydrogen-bond donors (Lipinski definition) is 1. The minimum Gasteiger partial charge on any atom is -0.326 e. The molecule has 5 heteroatoms. The van der Waals surface area contributed by atoms with E-state index < -0.39 is 0 Å². The van der Waals surface area contributed by atoms with E-state index in [4.69, 9.17) is 17.3 Å². The fourth-order valence-electron chi connectivity index (χ4n) is 2.10. The van der Waals surface area contributed by atoms with E-state index in [1.165, 1.54) is 6.07 Å². The lowest BCUT2D eigenvalue weighted by molar-refractivity contribution is 0.583. The Hall–Kier alpha value is 0.1000. The summed E-state index contributed by atoms with van der Waals surface area (Å²) in [5, 5.41) is 2.09. The first kappa shape index (κ1) is 15.5. The van der Waals surface area contributed by atoms with Crippen LogP contribution in [0.25, 0.3) is 0 Å². The lowest BCUT2D eigenvalue weighted by Gasteiger charge is -2.34. The van der Waals surface area contributed by atoms with Crippen molar-refractivity contribution in [2.24, 2.45) is 5.73 Å². The van der Waals surface area contributed by atoms with E-state index in [-0.39, 0.29) is 11.9 Å². The van der Waals surface area contributed by atoms with Gasteiger partial charge >= 0.3 is 0 Å². The van der Waals surface area contributed by atoms with Crippen molar-refractivity contribution < 1.29 is 4.39 Å². The molecule has 1 heterocycles. The molecule has 1 nitrogen and oxygen atoms in total. The summed E-state index contributed by atoms with van der Waals surface area (Å²) in [7, 11) is 0. The van der Waals surface area contributed by atoms with Crippen LogP contribution in [0.5, 0.6) is 0 Å².